The summed E-state index contributed by atoms with van der Waals surface area (Å²) in [6.45, 7) is 6.12. The molecule has 140 valence electrons. The van der Waals surface area contributed by atoms with Crippen LogP contribution in [0.25, 0.3) is 11.0 Å². The molecule has 1 aliphatic rings. The maximum absolute atomic E-state index is 12.2. The van der Waals surface area contributed by atoms with E-state index < -0.39 is 0 Å². The molecule has 0 amide bonds. The zero-order valence-electron chi connectivity index (χ0n) is 15.9. The normalized spacial score (nSPS) is 16.0. The molecule has 2 heterocycles. The van der Waals surface area contributed by atoms with Crippen molar-refractivity contribution in [2.24, 2.45) is 0 Å². The van der Waals surface area contributed by atoms with Crippen LogP contribution in [-0.4, -0.2) is 20.4 Å². The zero-order valence-corrected chi connectivity index (χ0v) is 15.9. The Morgan fingerprint density at radius 2 is 1.85 bits per heavy atom. The number of aryl methyl sites for hydroxylation is 1. The molecule has 1 aromatic heterocycles. The van der Waals surface area contributed by atoms with Gasteiger partial charge in [0.05, 0.1) is 19.2 Å². The standard InChI is InChI=1S/C22H23NO4/c1-14-15(2)22(24)27-21-18(14)8-9-20-19(21)12-23(13-26-20)11-10-16-4-6-17(25-3)7-5-16/h4-9H,10-13H2,1-3H3/p+1. The van der Waals surface area contributed by atoms with Crippen molar-refractivity contribution in [1.29, 1.82) is 0 Å². The van der Waals surface area contributed by atoms with Crippen LogP contribution in [-0.2, 0) is 13.0 Å². The van der Waals surface area contributed by atoms with Crippen molar-refractivity contribution in [3.8, 4) is 11.5 Å². The van der Waals surface area contributed by atoms with Gasteiger partial charge in [0.25, 0.3) is 0 Å². The second-order valence-corrected chi connectivity index (χ2v) is 7.12. The van der Waals surface area contributed by atoms with Crippen LogP contribution in [0.15, 0.2) is 45.6 Å². The van der Waals surface area contributed by atoms with E-state index in [1.54, 1.807) is 7.11 Å². The Morgan fingerprint density at radius 3 is 2.59 bits per heavy atom. The first kappa shape index (κ1) is 17.6. The largest absolute Gasteiger partial charge is 0.497 e. The molecule has 5 heteroatoms. The molecule has 3 aromatic rings. The molecule has 0 spiro atoms. The molecule has 0 aliphatic carbocycles. The van der Waals surface area contributed by atoms with Crippen LogP contribution in [0, 0.1) is 13.8 Å². The highest BCUT2D eigenvalue weighted by molar-refractivity contribution is 5.85. The number of ether oxygens (including phenoxy) is 2. The lowest BCUT2D eigenvalue weighted by Gasteiger charge is -2.26. The van der Waals surface area contributed by atoms with Crippen molar-refractivity contribution >= 4 is 11.0 Å². The van der Waals surface area contributed by atoms with Gasteiger partial charge in [-0.1, -0.05) is 12.1 Å². The van der Waals surface area contributed by atoms with E-state index in [9.17, 15) is 4.79 Å². The molecule has 4 rings (SSSR count). The van der Waals surface area contributed by atoms with Gasteiger partial charge >= 0.3 is 5.63 Å². The molecule has 1 unspecified atom stereocenters. The van der Waals surface area contributed by atoms with E-state index in [0.717, 1.165) is 47.5 Å². The zero-order chi connectivity index (χ0) is 19.0. The Labute approximate surface area is 158 Å². The van der Waals surface area contributed by atoms with Crippen LogP contribution in [0.1, 0.15) is 22.3 Å². The summed E-state index contributed by atoms with van der Waals surface area (Å²) < 4.78 is 16.8. The lowest BCUT2D eigenvalue weighted by molar-refractivity contribution is -0.932. The maximum Gasteiger partial charge on any atom is 0.339 e. The molecular formula is C22H24NO4+. The van der Waals surface area contributed by atoms with Crippen LogP contribution in [0.2, 0.25) is 0 Å². The molecule has 1 atom stereocenters. The summed E-state index contributed by atoms with van der Waals surface area (Å²) in [4.78, 5) is 13.5. The predicted molar refractivity (Wildman–Crippen MR) is 104 cm³/mol. The van der Waals surface area contributed by atoms with Gasteiger partial charge in [-0.25, -0.2) is 4.79 Å². The van der Waals surface area contributed by atoms with Crippen LogP contribution < -0.4 is 20.0 Å². The third kappa shape index (κ3) is 3.30. The van der Waals surface area contributed by atoms with Gasteiger partial charge in [0.15, 0.2) is 5.58 Å². The van der Waals surface area contributed by atoms with E-state index in [4.69, 9.17) is 13.9 Å². The van der Waals surface area contributed by atoms with Crippen LogP contribution in [0.5, 0.6) is 11.5 Å². The monoisotopic (exact) mass is 366 g/mol. The Bertz CT molecular complexity index is 1040. The van der Waals surface area contributed by atoms with Crippen molar-refractivity contribution in [2.45, 2.75) is 26.8 Å². The fraction of sp³-hybridized carbons (Fsp3) is 0.318. The van der Waals surface area contributed by atoms with Gasteiger partial charge in [-0.05, 0) is 49.2 Å². The maximum atomic E-state index is 12.2. The van der Waals surface area contributed by atoms with Crippen LogP contribution >= 0.6 is 0 Å². The lowest BCUT2D eigenvalue weighted by Crippen LogP contribution is -3.12. The van der Waals surface area contributed by atoms with Crippen molar-refractivity contribution in [1.82, 2.24) is 0 Å². The van der Waals surface area contributed by atoms with Crippen molar-refractivity contribution in [3.05, 3.63) is 69.1 Å². The van der Waals surface area contributed by atoms with E-state index >= 15 is 0 Å². The summed E-state index contributed by atoms with van der Waals surface area (Å²) in [5.41, 5.74) is 4.31. The van der Waals surface area contributed by atoms with Gasteiger partial charge in [0, 0.05) is 17.4 Å². The van der Waals surface area contributed by atoms with Gasteiger partial charge in [-0.15, -0.1) is 0 Å². The summed E-state index contributed by atoms with van der Waals surface area (Å²) in [7, 11) is 1.67. The highest BCUT2D eigenvalue weighted by atomic mass is 16.5. The minimum absolute atomic E-state index is 0.265. The van der Waals surface area contributed by atoms with Crippen LogP contribution in [0.3, 0.4) is 0 Å². The topological polar surface area (TPSA) is 53.1 Å². The van der Waals surface area contributed by atoms with Gasteiger partial charge in [0.2, 0.25) is 6.73 Å². The van der Waals surface area contributed by atoms with Crippen molar-refractivity contribution in [2.75, 3.05) is 20.4 Å². The number of fused-ring (bicyclic) bond motifs is 3. The Morgan fingerprint density at radius 1 is 1.07 bits per heavy atom. The van der Waals surface area contributed by atoms with E-state index in [1.807, 2.05) is 38.1 Å². The fourth-order valence-electron chi connectivity index (χ4n) is 3.60. The summed E-state index contributed by atoms with van der Waals surface area (Å²) in [5, 5.41) is 0.992. The number of benzene rings is 2. The first-order valence-corrected chi connectivity index (χ1v) is 9.22. The smallest absolute Gasteiger partial charge is 0.339 e. The number of hydrogen-bond donors (Lipinski definition) is 1. The quantitative estimate of drug-likeness (QED) is 0.721. The third-order valence-corrected chi connectivity index (χ3v) is 5.47. The average molecular weight is 366 g/mol. The van der Waals surface area contributed by atoms with Gasteiger partial charge < -0.3 is 13.9 Å². The molecule has 27 heavy (non-hydrogen) atoms. The number of nitrogens with one attached hydrogen (secondary N) is 1. The number of rotatable bonds is 4. The van der Waals surface area contributed by atoms with Crippen LogP contribution in [0.4, 0.5) is 0 Å². The molecule has 5 nitrogen and oxygen atoms in total. The number of hydrogen-bond acceptors (Lipinski definition) is 4. The molecule has 2 aromatic carbocycles. The molecule has 0 radical (unpaired) electrons. The molecule has 0 fully saturated rings. The van der Waals surface area contributed by atoms with Gasteiger partial charge in [0.1, 0.15) is 18.0 Å². The summed E-state index contributed by atoms with van der Waals surface area (Å²) in [6.07, 6.45) is 0.949. The van der Waals surface area contributed by atoms with Gasteiger partial charge in [-0.3, -0.25) is 4.90 Å². The highest BCUT2D eigenvalue weighted by Gasteiger charge is 2.25. The molecule has 0 bridgehead atoms. The van der Waals surface area contributed by atoms with E-state index in [-0.39, 0.29) is 5.63 Å². The summed E-state index contributed by atoms with van der Waals surface area (Å²) in [5.74, 6) is 1.69. The van der Waals surface area contributed by atoms with Gasteiger partial charge in [-0.2, -0.15) is 0 Å². The molecular weight excluding hydrogens is 342 g/mol. The number of quaternary nitrogens is 1. The summed E-state index contributed by atoms with van der Waals surface area (Å²) in [6, 6.07) is 12.1. The fourth-order valence-corrected chi connectivity index (χ4v) is 3.60. The molecule has 0 saturated carbocycles. The van der Waals surface area contributed by atoms with E-state index in [1.165, 1.54) is 10.5 Å². The first-order chi connectivity index (χ1) is 13.1. The number of methoxy groups -OCH3 is 1. The average Bonchev–Trinajstić information content (AvgIpc) is 2.70. The summed E-state index contributed by atoms with van der Waals surface area (Å²) >= 11 is 0. The van der Waals surface area contributed by atoms with E-state index in [2.05, 4.69) is 12.1 Å². The van der Waals surface area contributed by atoms with E-state index in [0.29, 0.717) is 17.9 Å². The second kappa shape index (κ2) is 7.08. The Hall–Kier alpha value is -2.79. The first-order valence-electron chi connectivity index (χ1n) is 9.22. The minimum atomic E-state index is -0.265. The molecule has 1 aliphatic heterocycles. The predicted octanol–water partition coefficient (Wildman–Crippen LogP) is 2.40. The highest BCUT2D eigenvalue weighted by Crippen LogP contribution is 2.30. The second-order valence-electron chi connectivity index (χ2n) is 7.12. The van der Waals surface area contributed by atoms with Crippen molar-refractivity contribution in [3.63, 3.8) is 0 Å². The minimum Gasteiger partial charge on any atom is -0.497 e. The third-order valence-electron chi connectivity index (χ3n) is 5.47. The molecule has 0 saturated heterocycles. The lowest BCUT2D eigenvalue weighted by atomic mass is 10.0. The molecule has 1 N–H and O–H groups in total. The van der Waals surface area contributed by atoms with Crippen molar-refractivity contribution < 1.29 is 18.8 Å². The Balaban J connectivity index is 1.57. The Kier molecular flexibility index (Phi) is 4.62. The SMILES string of the molecule is COc1ccc(CC[NH+]2COc3ccc4c(C)c(C)c(=O)oc4c3C2)cc1.